The molecule has 0 saturated heterocycles. The lowest BCUT2D eigenvalue weighted by Crippen LogP contribution is -2.18. The van der Waals surface area contributed by atoms with Crippen LogP contribution in [0, 0.1) is 6.92 Å². The van der Waals surface area contributed by atoms with Crippen molar-refractivity contribution < 1.29 is 18.7 Å². The van der Waals surface area contributed by atoms with Crippen LogP contribution >= 0.6 is 0 Å². The lowest BCUT2D eigenvalue weighted by atomic mass is 10.1. The first kappa shape index (κ1) is 18.6. The van der Waals surface area contributed by atoms with Crippen LogP contribution in [0.3, 0.4) is 0 Å². The van der Waals surface area contributed by atoms with Gasteiger partial charge in [0.1, 0.15) is 35.2 Å². The standard InChI is InChI=1S/C23H20N2O4/c1-4-11-27-15-5-7-17-19(12-15)25-10-9-20(17)29-16-6-8-18-21(13-16)28-14(2)22(18)23(26)24-3/h4-10,12-13H,1,11H2,2-3H3,(H,24,26). The van der Waals surface area contributed by atoms with Crippen molar-refractivity contribution in [3.05, 3.63) is 72.6 Å². The number of ether oxygens (including phenoxy) is 2. The van der Waals surface area contributed by atoms with Crippen LogP contribution in [0.5, 0.6) is 17.2 Å². The van der Waals surface area contributed by atoms with Crippen molar-refractivity contribution in [3.63, 3.8) is 0 Å². The van der Waals surface area contributed by atoms with Gasteiger partial charge in [0, 0.05) is 36.1 Å². The zero-order valence-corrected chi connectivity index (χ0v) is 16.2. The Labute approximate surface area is 167 Å². The van der Waals surface area contributed by atoms with E-state index in [1.807, 2.05) is 30.3 Å². The third kappa shape index (κ3) is 3.52. The fourth-order valence-electron chi connectivity index (χ4n) is 3.23. The topological polar surface area (TPSA) is 73.6 Å². The van der Waals surface area contributed by atoms with Crippen LogP contribution in [0.1, 0.15) is 16.1 Å². The predicted octanol–water partition coefficient (Wildman–Crippen LogP) is 5.01. The van der Waals surface area contributed by atoms with Gasteiger partial charge in [-0.05, 0) is 37.3 Å². The molecule has 146 valence electrons. The van der Waals surface area contributed by atoms with Crippen LogP contribution < -0.4 is 14.8 Å². The third-order valence-corrected chi connectivity index (χ3v) is 4.56. The van der Waals surface area contributed by atoms with Gasteiger partial charge >= 0.3 is 0 Å². The molecule has 0 atom stereocenters. The second-order valence-corrected chi connectivity index (χ2v) is 6.46. The van der Waals surface area contributed by atoms with E-state index in [0.29, 0.717) is 35.0 Å². The zero-order chi connectivity index (χ0) is 20.4. The number of nitrogens with one attached hydrogen (secondary N) is 1. The van der Waals surface area contributed by atoms with E-state index in [2.05, 4.69) is 16.9 Å². The van der Waals surface area contributed by atoms with Gasteiger partial charge in [0.15, 0.2) is 0 Å². The van der Waals surface area contributed by atoms with E-state index in [4.69, 9.17) is 13.9 Å². The minimum Gasteiger partial charge on any atom is -0.489 e. The molecule has 0 aliphatic rings. The molecular formula is C23H20N2O4. The van der Waals surface area contributed by atoms with Crippen molar-refractivity contribution in [2.75, 3.05) is 13.7 Å². The molecule has 0 saturated carbocycles. The Morgan fingerprint density at radius 2 is 1.97 bits per heavy atom. The molecule has 2 aromatic heterocycles. The first-order valence-corrected chi connectivity index (χ1v) is 9.16. The van der Waals surface area contributed by atoms with E-state index < -0.39 is 0 Å². The fourth-order valence-corrected chi connectivity index (χ4v) is 3.23. The Bertz CT molecular complexity index is 1230. The summed E-state index contributed by atoms with van der Waals surface area (Å²) in [7, 11) is 1.60. The molecule has 2 heterocycles. The number of hydrogen-bond acceptors (Lipinski definition) is 5. The van der Waals surface area contributed by atoms with Crippen molar-refractivity contribution >= 4 is 27.8 Å². The highest BCUT2D eigenvalue weighted by Crippen LogP contribution is 2.34. The van der Waals surface area contributed by atoms with Gasteiger partial charge in [0.25, 0.3) is 5.91 Å². The van der Waals surface area contributed by atoms with Crippen molar-refractivity contribution in [3.8, 4) is 17.2 Å². The Morgan fingerprint density at radius 1 is 1.17 bits per heavy atom. The number of rotatable bonds is 6. The highest BCUT2D eigenvalue weighted by Gasteiger charge is 2.18. The minimum absolute atomic E-state index is 0.176. The van der Waals surface area contributed by atoms with Gasteiger partial charge < -0.3 is 19.2 Å². The summed E-state index contributed by atoms with van der Waals surface area (Å²) in [6.07, 6.45) is 3.38. The Hall–Kier alpha value is -3.80. The second kappa shape index (κ2) is 7.67. The van der Waals surface area contributed by atoms with Crippen LogP contribution in [-0.4, -0.2) is 24.5 Å². The molecule has 4 rings (SSSR count). The molecule has 0 bridgehead atoms. The number of carbonyl (C=O) groups excluding carboxylic acids is 1. The molecule has 1 amide bonds. The van der Waals surface area contributed by atoms with Crippen LogP contribution in [0.25, 0.3) is 21.9 Å². The summed E-state index contributed by atoms with van der Waals surface area (Å²) in [5.74, 6) is 2.38. The van der Waals surface area contributed by atoms with Crippen molar-refractivity contribution in [2.24, 2.45) is 0 Å². The summed E-state index contributed by atoms with van der Waals surface area (Å²) in [4.78, 5) is 16.5. The molecule has 0 unspecified atom stereocenters. The molecule has 0 radical (unpaired) electrons. The minimum atomic E-state index is -0.176. The number of hydrogen-bond donors (Lipinski definition) is 1. The molecule has 1 N–H and O–H groups in total. The summed E-state index contributed by atoms with van der Waals surface area (Å²) in [6, 6.07) is 12.9. The second-order valence-electron chi connectivity index (χ2n) is 6.46. The third-order valence-electron chi connectivity index (χ3n) is 4.56. The summed E-state index contributed by atoms with van der Waals surface area (Å²) >= 11 is 0. The zero-order valence-electron chi connectivity index (χ0n) is 16.2. The molecule has 6 nitrogen and oxygen atoms in total. The highest BCUT2D eigenvalue weighted by atomic mass is 16.5. The fraction of sp³-hybridized carbons (Fsp3) is 0.130. The van der Waals surface area contributed by atoms with Crippen LogP contribution in [0.4, 0.5) is 0 Å². The van der Waals surface area contributed by atoms with Gasteiger partial charge in [-0.15, -0.1) is 0 Å². The van der Waals surface area contributed by atoms with Gasteiger partial charge in [-0.1, -0.05) is 12.7 Å². The number of aryl methyl sites for hydroxylation is 1. The largest absolute Gasteiger partial charge is 0.489 e. The molecule has 0 aliphatic carbocycles. The molecule has 0 fully saturated rings. The normalized spacial score (nSPS) is 10.8. The maximum Gasteiger partial charge on any atom is 0.255 e. The molecule has 6 heteroatoms. The molecule has 0 spiro atoms. The number of benzene rings is 2. The molecule has 2 aromatic carbocycles. The van der Waals surface area contributed by atoms with E-state index >= 15 is 0 Å². The summed E-state index contributed by atoms with van der Waals surface area (Å²) in [5.41, 5.74) is 1.90. The van der Waals surface area contributed by atoms with E-state index in [1.54, 1.807) is 38.4 Å². The van der Waals surface area contributed by atoms with E-state index in [-0.39, 0.29) is 5.91 Å². The highest BCUT2D eigenvalue weighted by molar-refractivity contribution is 6.07. The van der Waals surface area contributed by atoms with Gasteiger partial charge in [-0.3, -0.25) is 9.78 Å². The average molecular weight is 388 g/mol. The number of amides is 1. The Morgan fingerprint density at radius 3 is 2.76 bits per heavy atom. The maximum absolute atomic E-state index is 12.1. The number of fused-ring (bicyclic) bond motifs is 2. The van der Waals surface area contributed by atoms with E-state index in [1.165, 1.54) is 0 Å². The monoisotopic (exact) mass is 388 g/mol. The van der Waals surface area contributed by atoms with Crippen molar-refractivity contribution in [1.29, 1.82) is 0 Å². The van der Waals surface area contributed by atoms with Crippen LogP contribution in [-0.2, 0) is 0 Å². The van der Waals surface area contributed by atoms with Crippen molar-refractivity contribution in [2.45, 2.75) is 6.92 Å². The smallest absolute Gasteiger partial charge is 0.255 e. The summed E-state index contributed by atoms with van der Waals surface area (Å²) < 4.78 is 17.4. The predicted molar refractivity (Wildman–Crippen MR) is 112 cm³/mol. The number of nitrogens with zero attached hydrogens (tertiary/aromatic N) is 1. The Balaban J connectivity index is 1.68. The molecule has 0 aliphatic heterocycles. The number of aromatic nitrogens is 1. The van der Waals surface area contributed by atoms with Crippen LogP contribution in [0.15, 0.2) is 65.7 Å². The quantitative estimate of drug-likeness (QED) is 0.470. The van der Waals surface area contributed by atoms with Gasteiger partial charge in [-0.2, -0.15) is 0 Å². The SMILES string of the molecule is C=CCOc1ccc2c(Oc3ccc4c(C(=O)NC)c(C)oc4c3)ccnc2c1. The number of carbonyl (C=O) groups is 1. The first-order chi connectivity index (χ1) is 14.1. The van der Waals surface area contributed by atoms with Crippen molar-refractivity contribution in [1.82, 2.24) is 10.3 Å². The molecule has 4 aromatic rings. The van der Waals surface area contributed by atoms with E-state index in [9.17, 15) is 4.79 Å². The summed E-state index contributed by atoms with van der Waals surface area (Å²) in [6.45, 7) is 5.86. The van der Waals surface area contributed by atoms with E-state index in [0.717, 1.165) is 22.0 Å². The maximum atomic E-state index is 12.1. The number of furan rings is 1. The van der Waals surface area contributed by atoms with Gasteiger partial charge in [0.2, 0.25) is 0 Å². The molecular weight excluding hydrogens is 368 g/mol. The lowest BCUT2D eigenvalue weighted by molar-refractivity contribution is 0.0963. The van der Waals surface area contributed by atoms with Gasteiger partial charge in [-0.25, -0.2) is 0 Å². The molecule has 29 heavy (non-hydrogen) atoms. The van der Waals surface area contributed by atoms with Crippen LogP contribution in [0.2, 0.25) is 0 Å². The summed E-state index contributed by atoms with van der Waals surface area (Å²) in [5, 5.41) is 4.25. The number of pyridine rings is 1. The average Bonchev–Trinajstić information content (AvgIpc) is 3.06. The lowest BCUT2D eigenvalue weighted by Gasteiger charge is -2.10. The Kier molecular flexibility index (Phi) is 4.91. The van der Waals surface area contributed by atoms with Gasteiger partial charge in [0.05, 0.1) is 11.1 Å². The first-order valence-electron chi connectivity index (χ1n) is 9.16.